The molecule has 1 aliphatic rings. The molecule has 1 aliphatic carbocycles. The number of hydrogen-bond acceptors (Lipinski definition) is 2. The minimum Gasteiger partial charge on any atom is -0.456 e. The van der Waals surface area contributed by atoms with Gasteiger partial charge in [0.1, 0.15) is 11.2 Å². The number of para-hydroxylation sites is 1. The van der Waals surface area contributed by atoms with Crippen LogP contribution in [-0.2, 0) is 5.41 Å². The molecular formula is C53H37NO. The number of anilines is 3. The Morgan fingerprint density at radius 1 is 0.418 bits per heavy atom. The molecule has 0 saturated heterocycles. The van der Waals surface area contributed by atoms with Crippen LogP contribution in [0.15, 0.2) is 192 Å². The molecule has 0 saturated carbocycles. The molecule has 0 radical (unpaired) electrons. The molecule has 1 heterocycles. The minimum atomic E-state index is -0.129. The first kappa shape index (κ1) is 31.6. The lowest BCUT2D eigenvalue weighted by molar-refractivity contribution is 0.666. The van der Waals surface area contributed by atoms with Crippen molar-refractivity contribution in [2.24, 2.45) is 0 Å². The van der Waals surface area contributed by atoms with E-state index in [0.29, 0.717) is 0 Å². The summed E-state index contributed by atoms with van der Waals surface area (Å²) in [6.07, 6.45) is 0. The zero-order valence-corrected chi connectivity index (χ0v) is 30.8. The van der Waals surface area contributed by atoms with Crippen molar-refractivity contribution >= 4 is 60.5 Å². The van der Waals surface area contributed by atoms with Crippen molar-refractivity contribution in [3.63, 3.8) is 0 Å². The highest BCUT2D eigenvalue weighted by atomic mass is 16.3. The van der Waals surface area contributed by atoms with Crippen LogP contribution in [0.25, 0.3) is 76.9 Å². The van der Waals surface area contributed by atoms with Crippen LogP contribution < -0.4 is 4.90 Å². The summed E-state index contributed by atoms with van der Waals surface area (Å²) in [5.41, 5.74) is 15.3. The second-order valence-corrected chi connectivity index (χ2v) is 15.3. The fourth-order valence-electron chi connectivity index (χ4n) is 9.30. The summed E-state index contributed by atoms with van der Waals surface area (Å²) in [4.78, 5) is 2.41. The fourth-order valence-corrected chi connectivity index (χ4v) is 9.30. The summed E-state index contributed by atoms with van der Waals surface area (Å²) in [5.74, 6) is 0. The average molecular weight is 704 g/mol. The maximum atomic E-state index is 6.29. The Labute approximate surface area is 320 Å². The van der Waals surface area contributed by atoms with E-state index in [2.05, 4.69) is 195 Å². The molecule has 0 unspecified atom stereocenters. The predicted molar refractivity (Wildman–Crippen MR) is 232 cm³/mol. The zero-order valence-electron chi connectivity index (χ0n) is 30.8. The van der Waals surface area contributed by atoms with Crippen molar-refractivity contribution in [2.45, 2.75) is 19.3 Å². The molecule has 2 heteroatoms. The molecule has 0 amide bonds. The van der Waals surface area contributed by atoms with Crippen molar-refractivity contribution in [3.05, 3.63) is 199 Å². The third-order valence-electron chi connectivity index (χ3n) is 11.8. The van der Waals surface area contributed by atoms with E-state index < -0.39 is 0 Å². The van der Waals surface area contributed by atoms with Crippen LogP contribution in [0, 0.1) is 0 Å². The Hall–Kier alpha value is -6.90. The molecule has 0 atom stereocenters. The smallest absolute Gasteiger partial charge is 0.135 e. The fraction of sp³-hybridized carbons (Fsp3) is 0.0566. The van der Waals surface area contributed by atoms with Crippen LogP contribution in [-0.4, -0.2) is 0 Å². The summed E-state index contributed by atoms with van der Waals surface area (Å²) in [5, 5.41) is 7.24. The van der Waals surface area contributed by atoms with Gasteiger partial charge in [-0.2, -0.15) is 0 Å². The van der Waals surface area contributed by atoms with E-state index in [1.165, 1.54) is 66.1 Å². The Balaban J connectivity index is 1.16. The van der Waals surface area contributed by atoms with Crippen LogP contribution in [0.5, 0.6) is 0 Å². The molecule has 0 spiro atoms. The van der Waals surface area contributed by atoms with Gasteiger partial charge in [-0.1, -0.05) is 153 Å². The highest BCUT2D eigenvalue weighted by Gasteiger charge is 2.38. The van der Waals surface area contributed by atoms with Crippen LogP contribution >= 0.6 is 0 Å². The highest BCUT2D eigenvalue weighted by molar-refractivity contribution is 6.13. The monoisotopic (exact) mass is 703 g/mol. The molecule has 260 valence electrons. The molecule has 10 aromatic rings. The number of benzene rings is 9. The van der Waals surface area contributed by atoms with Gasteiger partial charge in [-0.3, -0.25) is 0 Å². The number of fused-ring (bicyclic) bond motifs is 9. The summed E-state index contributed by atoms with van der Waals surface area (Å²) >= 11 is 0. The lowest BCUT2D eigenvalue weighted by atomic mass is 9.79. The molecule has 0 N–H and O–H groups in total. The maximum Gasteiger partial charge on any atom is 0.135 e. The molecule has 0 aliphatic heterocycles. The van der Waals surface area contributed by atoms with Gasteiger partial charge >= 0.3 is 0 Å². The second kappa shape index (κ2) is 12.1. The maximum absolute atomic E-state index is 6.29. The van der Waals surface area contributed by atoms with E-state index in [-0.39, 0.29) is 5.41 Å². The van der Waals surface area contributed by atoms with Gasteiger partial charge in [0.15, 0.2) is 0 Å². The van der Waals surface area contributed by atoms with E-state index in [1.807, 2.05) is 12.1 Å². The van der Waals surface area contributed by atoms with Crippen molar-refractivity contribution in [1.29, 1.82) is 0 Å². The van der Waals surface area contributed by atoms with Crippen LogP contribution in [0.2, 0.25) is 0 Å². The third-order valence-corrected chi connectivity index (χ3v) is 11.8. The van der Waals surface area contributed by atoms with Crippen molar-refractivity contribution < 1.29 is 4.42 Å². The van der Waals surface area contributed by atoms with Crippen molar-refractivity contribution in [1.82, 2.24) is 0 Å². The summed E-state index contributed by atoms with van der Waals surface area (Å²) in [6.45, 7) is 4.77. The lowest BCUT2D eigenvalue weighted by Crippen LogP contribution is -2.15. The van der Waals surface area contributed by atoms with E-state index >= 15 is 0 Å². The zero-order chi connectivity index (χ0) is 36.7. The highest BCUT2D eigenvalue weighted by Crippen LogP contribution is 2.56. The lowest BCUT2D eigenvalue weighted by Gasteiger charge is -2.28. The molecular weight excluding hydrogens is 667 g/mol. The Morgan fingerprint density at radius 2 is 1.05 bits per heavy atom. The molecule has 0 fully saturated rings. The Morgan fingerprint density at radius 3 is 1.89 bits per heavy atom. The standard InChI is InChI=1S/C53H37NO/c1-53(2)47-22-12-10-21-44(47)51-46(32-36-16-6-7-17-39(36)52(51)53)41-29-30-48(42-19-9-8-18-40(41)42)54(37-26-24-35(25-27-37)34-14-4-3-5-15-34)38-28-31-50-45(33-38)43-20-11-13-23-49(43)55-50/h3-33H,1-2H3. The largest absolute Gasteiger partial charge is 0.456 e. The third kappa shape index (κ3) is 4.81. The summed E-state index contributed by atoms with van der Waals surface area (Å²) in [6, 6.07) is 68.4. The van der Waals surface area contributed by atoms with Crippen molar-refractivity contribution in [2.75, 3.05) is 4.90 Å². The first-order valence-electron chi connectivity index (χ1n) is 19.1. The quantitative estimate of drug-likeness (QED) is 0.177. The molecule has 2 nitrogen and oxygen atoms in total. The molecule has 0 bridgehead atoms. The van der Waals surface area contributed by atoms with E-state index in [1.54, 1.807) is 0 Å². The Kier molecular flexibility index (Phi) is 6.93. The Bertz CT molecular complexity index is 3110. The predicted octanol–water partition coefficient (Wildman–Crippen LogP) is 15.0. The van der Waals surface area contributed by atoms with Gasteiger partial charge in [0.2, 0.25) is 0 Å². The van der Waals surface area contributed by atoms with E-state index in [9.17, 15) is 0 Å². The van der Waals surface area contributed by atoms with Gasteiger partial charge in [-0.05, 0) is 109 Å². The molecule has 9 aromatic carbocycles. The van der Waals surface area contributed by atoms with Gasteiger partial charge in [0.25, 0.3) is 0 Å². The van der Waals surface area contributed by atoms with Gasteiger partial charge in [-0.15, -0.1) is 0 Å². The number of hydrogen-bond donors (Lipinski definition) is 0. The number of rotatable bonds is 5. The molecule has 1 aromatic heterocycles. The van der Waals surface area contributed by atoms with Crippen LogP contribution in [0.1, 0.15) is 25.0 Å². The van der Waals surface area contributed by atoms with Gasteiger partial charge in [0.05, 0.1) is 5.69 Å². The number of furan rings is 1. The summed E-state index contributed by atoms with van der Waals surface area (Å²) < 4.78 is 6.29. The average Bonchev–Trinajstić information content (AvgIpc) is 3.73. The molecule has 11 rings (SSSR count). The first-order chi connectivity index (χ1) is 27.0. The van der Waals surface area contributed by atoms with Crippen LogP contribution in [0.3, 0.4) is 0 Å². The SMILES string of the molecule is CC1(C)c2ccccc2-c2c(-c3ccc(N(c4ccc(-c5ccccc5)cc4)c4ccc5oc6ccccc6c5c4)c4ccccc34)cc3ccccc3c21. The first-order valence-corrected chi connectivity index (χ1v) is 19.1. The normalized spacial score (nSPS) is 13.1. The van der Waals surface area contributed by atoms with Gasteiger partial charge in [-0.25, -0.2) is 0 Å². The van der Waals surface area contributed by atoms with E-state index in [0.717, 1.165) is 39.0 Å². The van der Waals surface area contributed by atoms with Gasteiger partial charge < -0.3 is 9.32 Å². The summed E-state index contributed by atoms with van der Waals surface area (Å²) in [7, 11) is 0. The minimum absolute atomic E-state index is 0.129. The number of nitrogens with zero attached hydrogens (tertiary/aromatic N) is 1. The van der Waals surface area contributed by atoms with Gasteiger partial charge in [0, 0.05) is 32.9 Å². The van der Waals surface area contributed by atoms with E-state index in [4.69, 9.17) is 4.42 Å². The van der Waals surface area contributed by atoms with Crippen molar-refractivity contribution in [3.8, 4) is 33.4 Å². The topological polar surface area (TPSA) is 16.4 Å². The molecule has 55 heavy (non-hydrogen) atoms. The van der Waals surface area contributed by atoms with Crippen LogP contribution in [0.4, 0.5) is 17.1 Å². The second-order valence-electron chi connectivity index (χ2n) is 15.3.